The molecule has 2 heterocycles. The highest BCUT2D eigenvalue weighted by molar-refractivity contribution is 5.89. The number of piperazine rings is 1. The summed E-state index contributed by atoms with van der Waals surface area (Å²) in [5.41, 5.74) is 1.22. The summed E-state index contributed by atoms with van der Waals surface area (Å²) in [7, 11) is 2.14. The second-order valence-electron chi connectivity index (χ2n) is 6.24. The van der Waals surface area contributed by atoms with Crippen molar-refractivity contribution >= 4 is 12.0 Å². The molecule has 27 heavy (non-hydrogen) atoms. The van der Waals surface area contributed by atoms with Crippen molar-refractivity contribution in [1.82, 2.24) is 30.0 Å². The van der Waals surface area contributed by atoms with Crippen molar-refractivity contribution in [3.8, 4) is 5.69 Å². The molecule has 0 saturated carbocycles. The zero-order valence-corrected chi connectivity index (χ0v) is 15.7. The van der Waals surface area contributed by atoms with E-state index in [2.05, 4.69) is 38.5 Å². The molecule has 0 amide bonds. The standard InChI is InChI=1S/C19H24N6O2/c1-3-27-19(26)16-7-9-17(10-8-16)25-21-18(20-22-25)6-4-5-11-24-14-12-23(2)13-15-24/h4-11H,3,12-15H2,1-2H3. The number of nitrogens with zero attached hydrogens (tertiary/aromatic N) is 6. The Labute approximate surface area is 158 Å². The van der Waals surface area contributed by atoms with E-state index >= 15 is 0 Å². The molecule has 1 aromatic heterocycles. The van der Waals surface area contributed by atoms with Crippen LogP contribution in [-0.4, -0.2) is 75.8 Å². The number of tetrazole rings is 1. The fourth-order valence-corrected chi connectivity index (χ4v) is 2.63. The molecule has 1 aliphatic heterocycles. The first kappa shape index (κ1) is 18.8. The van der Waals surface area contributed by atoms with Gasteiger partial charge in [-0.25, -0.2) is 4.79 Å². The Kier molecular flexibility index (Phi) is 6.32. The number of hydrogen-bond acceptors (Lipinski definition) is 7. The Morgan fingerprint density at radius 2 is 1.89 bits per heavy atom. The summed E-state index contributed by atoms with van der Waals surface area (Å²) in [5.74, 6) is 0.179. The van der Waals surface area contributed by atoms with Gasteiger partial charge in [-0.15, -0.1) is 15.0 Å². The highest BCUT2D eigenvalue weighted by atomic mass is 16.5. The van der Waals surface area contributed by atoms with E-state index < -0.39 is 0 Å². The number of carbonyl (C=O) groups excluding carboxylic acids is 1. The van der Waals surface area contributed by atoms with Gasteiger partial charge in [-0.05, 0) is 61.8 Å². The Hall–Kier alpha value is -3.00. The van der Waals surface area contributed by atoms with Crippen molar-refractivity contribution in [3.05, 3.63) is 54.0 Å². The van der Waals surface area contributed by atoms with Crippen LogP contribution in [0.1, 0.15) is 23.1 Å². The highest BCUT2D eigenvalue weighted by Gasteiger charge is 2.09. The number of allylic oxidation sites excluding steroid dienone is 2. The maximum absolute atomic E-state index is 11.7. The summed E-state index contributed by atoms with van der Waals surface area (Å²) in [6, 6.07) is 6.89. The first-order valence-electron chi connectivity index (χ1n) is 9.01. The second-order valence-corrected chi connectivity index (χ2v) is 6.24. The fourth-order valence-electron chi connectivity index (χ4n) is 2.63. The predicted octanol–water partition coefficient (Wildman–Crippen LogP) is 1.61. The summed E-state index contributed by atoms with van der Waals surface area (Å²) in [5, 5.41) is 12.4. The predicted molar refractivity (Wildman–Crippen MR) is 102 cm³/mol. The summed E-state index contributed by atoms with van der Waals surface area (Å²) in [6.45, 7) is 6.37. The van der Waals surface area contributed by atoms with Crippen molar-refractivity contribution in [1.29, 1.82) is 0 Å². The SMILES string of the molecule is CCOC(=O)c1ccc(-n2nnc(C=CC=CN3CCN(C)CC3)n2)cc1. The van der Waals surface area contributed by atoms with Gasteiger partial charge in [0.1, 0.15) is 0 Å². The van der Waals surface area contributed by atoms with E-state index in [0.717, 1.165) is 31.9 Å². The summed E-state index contributed by atoms with van der Waals surface area (Å²) >= 11 is 0. The number of hydrogen-bond donors (Lipinski definition) is 0. The number of aromatic nitrogens is 4. The second kappa shape index (κ2) is 9.09. The minimum atomic E-state index is -0.341. The zero-order valence-electron chi connectivity index (χ0n) is 15.7. The van der Waals surface area contributed by atoms with Crippen molar-refractivity contribution in [2.24, 2.45) is 0 Å². The maximum Gasteiger partial charge on any atom is 0.338 e. The van der Waals surface area contributed by atoms with Crippen LogP contribution in [0.5, 0.6) is 0 Å². The number of rotatable bonds is 6. The lowest BCUT2D eigenvalue weighted by Crippen LogP contribution is -2.41. The van der Waals surface area contributed by atoms with Crippen LogP contribution in [0.25, 0.3) is 11.8 Å². The van der Waals surface area contributed by atoms with Gasteiger partial charge in [0, 0.05) is 26.2 Å². The molecule has 2 aromatic rings. The molecule has 1 fully saturated rings. The highest BCUT2D eigenvalue weighted by Crippen LogP contribution is 2.09. The zero-order chi connectivity index (χ0) is 19.1. The number of esters is 1. The summed E-state index contributed by atoms with van der Waals surface area (Å²) < 4.78 is 4.97. The molecule has 1 saturated heterocycles. The molecule has 0 spiro atoms. The number of ether oxygens (including phenoxy) is 1. The van der Waals surface area contributed by atoms with E-state index in [1.54, 1.807) is 31.2 Å². The van der Waals surface area contributed by atoms with E-state index in [0.29, 0.717) is 18.0 Å². The maximum atomic E-state index is 11.7. The lowest BCUT2D eigenvalue weighted by Gasteiger charge is -2.31. The molecular formula is C19H24N6O2. The summed E-state index contributed by atoms with van der Waals surface area (Å²) in [4.78, 5) is 17.7. The third kappa shape index (κ3) is 5.24. The molecule has 0 atom stereocenters. The number of likely N-dealkylation sites (N-methyl/N-ethyl adjacent to an activating group) is 1. The van der Waals surface area contributed by atoms with Gasteiger partial charge in [0.15, 0.2) is 5.82 Å². The smallest absolute Gasteiger partial charge is 0.338 e. The third-order valence-electron chi connectivity index (χ3n) is 4.23. The normalized spacial score (nSPS) is 15.7. The fraction of sp³-hybridized carbons (Fsp3) is 0.368. The largest absolute Gasteiger partial charge is 0.462 e. The molecule has 0 unspecified atom stereocenters. The molecule has 0 N–H and O–H groups in total. The van der Waals surface area contributed by atoms with E-state index in [1.165, 1.54) is 4.80 Å². The van der Waals surface area contributed by atoms with E-state index in [1.807, 2.05) is 18.2 Å². The molecule has 1 aliphatic rings. The summed E-state index contributed by atoms with van der Waals surface area (Å²) in [6.07, 6.45) is 7.79. The van der Waals surface area contributed by atoms with Gasteiger partial charge >= 0.3 is 5.97 Å². The Morgan fingerprint density at radius 1 is 1.15 bits per heavy atom. The molecule has 8 nitrogen and oxygen atoms in total. The van der Waals surface area contributed by atoms with Crippen LogP contribution in [0, 0.1) is 0 Å². The molecule has 0 radical (unpaired) electrons. The lowest BCUT2D eigenvalue weighted by atomic mass is 10.2. The van der Waals surface area contributed by atoms with Crippen LogP contribution in [0.4, 0.5) is 0 Å². The van der Waals surface area contributed by atoms with E-state index in [9.17, 15) is 4.79 Å². The minimum absolute atomic E-state index is 0.341. The number of benzene rings is 1. The molecule has 3 rings (SSSR count). The average Bonchev–Trinajstić information content (AvgIpc) is 3.16. The van der Waals surface area contributed by atoms with E-state index in [-0.39, 0.29) is 5.97 Å². The van der Waals surface area contributed by atoms with Gasteiger partial charge in [-0.1, -0.05) is 6.08 Å². The lowest BCUT2D eigenvalue weighted by molar-refractivity contribution is 0.0526. The van der Waals surface area contributed by atoms with Crippen LogP contribution >= 0.6 is 0 Å². The van der Waals surface area contributed by atoms with Crippen molar-refractivity contribution < 1.29 is 9.53 Å². The van der Waals surface area contributed by atoms with Crippen LogP contribution in [0.3, 0.4) is 0 Å². The third-order valence-corrected chi connectivity index (χ3v) is 4.23. The van der Waals surface area contributed by atoms with Crippen molar-refractivity contribution in [2.45, 2.75) is 6.92 Å². The van der Waals surface area contributed by atoms with Crippen molar-refractivity contribution in [2.75, 3.05) is 39.8 Å². The van der Waals surface area contributed by atoms with Gasteiger partial charge in [-0.3, -0.25) is 0 Å². The Balaban J connectivity index is 1.57. The first-order valence-corrected chi connectivity index (χ1v) is 9.01. The van der Waals surface area contributed by atoms with E-state index in [4.69, 9.17) is 4.74 Å². The van der Waals surface area contributed by atoms with Gasteiger partial charge in [0.05, 0.1) is 17.9 Å². The quantitative estimate of drug-likeness (QED) is 0.566. The van der Waals surface area contributed by atoms with Crippen LogP contribution in [0.15, 0.2) is 42.6 Å². The molecule has 1 aromatic carbocycles. The minimum Gasteiger partial charge on any atom is -0.462 e. The molecule has 8 heteroatoms. The topological polar surface area (TPSA) is 76.4 Å². The van der Waals surface area contributed by atoms with Gasteiger partial charge in [0.25, 0.3) is 0 Å². The van der Waals surface area contributed by atoms with Crippen LogP contribution in [0.2, 0.25) is 0 Å². The number of carbonyl (C=O) groups is 1. The molecule has 142 valence electrons. The Morgan fingerprint density at radius 3 is 2.59 bits per heavy atom. The van der Waals surface area contributed by atoms with Crippen LogP contribution < -0.4 is 0 Å². The molecule has 0 bridgehead atoms. The average molecular weight is 368 g/mol. The molecule has 0 aliphatic carbocycles. The molecular weight excluding hydrogens is 344 g/mol. The van der Waals surface area contributed by atoms with Gasteiger partial charge < -0.3 is 14.5 Å². The van der Waals surface area contributed by atoms with Gasteiger partial charge in [0.2, 0.25) is 0 Å². The Bertz CT molecular complexity index is 804. The van der Waals surface area contributed by atoms with Crippen molar-refractivity contribution in [3.63, 3.8) is 0 Å². The first-order chi connectivity index (χ1) is 13.2. The van der Waals surface area contributed by atoms with Gasteiger partial charge in [-0.2, -0.15) is 0 Å². The van der Waals surface area contributed by atoms with Crippen LogP contribution in [-0.2, 0) is 4.74 Å². The monoisotopic (exact) mass is 368 g/mol.